The molecule has 0 aliphatic rings. The zero-order chi connectivity index (χ0) is 18.5. The average Bonchev–Trinajstić information content (AvgIpc) is 2.69. The fourth-order valence-corrected chi connectivity index (χ4v) is 2.37. The fourth-order valence-electron chi connectivity index (χ4n) is 2.37. The van der Waals surface area contributed by atoms with Crippen molar-refractivity contribution in [3.63, 3.8) is 0 Å². The number of ether oxygens (including phenoxy) is 2. The molecule has 0 bridgehead atoms. The average molecular weight is 351 g/mol. The summed E-state index contributed by atoms with van der Waals surface area (Å²) in [6.07, 6.45) is 0. The standard InChI is InChI=1S/C19H17N3O4/c1-25-14-8-9-15(17(12-14)26-2)20-19(24)16-10-11-18(23)22(21-16)13-6-4-3-5-7-13/h3-12H,1-2H3,(H,20,24). The molecule has 0 aliphatic heterocycles. The topological polar surface area (TPSA) is 82.5 Å². The van der Waals surface area contributed by atoms with Gasteiger partial charge in [0, 0.05) is 12.1 Å². The van der Waals surface area contributed by atoms with E-state index in [4.69, 9.17) is 9.47 Å². The van der Waals surface area contributed by atoms with Crippen LogP contribution < -0.4 is 20.3 Å². The molecule has 132 valence electrons. The van der Waals surface area contributed by atoms with Gasteiger partial charge in [-0.3, -0.25) is 9.59 Å². The highest BCUT2D eigenvalue weighted by Gasteiger charge is 2.14. The summed E-state index contributed by atoms with van der Waals surface area (Å²) in [6, 6.07) is 16.6. The van der Waals surface area contributed by atoms with Gasteiger partial charge in [-0.15, -0.1) is 0 Å². The number of nitrogens with zero attached hydrogens (tertiary/aromatic N) is 2. The lowest BCUT2D eigenvalue weighted by Gasteiger charge is -2.12. The van der Waals surface area contributed by atoms with E-state index in [-0.39, 0.29) is 11.3 Å². The van der Waals surface area contributed by atoms with Crippen LogP contribution >= 0.6 is 0 Å². The predicted octanol–water partition coefficient (Wildman–Crippen LogP) is 2.50. The molecule has 0 fully saturated rings. The van der Waals surface area contributed by atoms with E-state index in [1.54, 1.807) is 49.6 Å². The number of hydrogen-bond donors (Lipinski definition) is 1. The molecule has 0 saturated heterocycles. The van der Waals surface area contributed by atoms with Crippen LogP contribution in [0.2, 0.25) is 0 Å². The van der Waals surface area contributed by atoms with Crippen molar-refractivity contribution in [2.24, 2.45) is 0 Å². The van der Waals surface area contributed by atoms with Crippen molar-refractivity contribution in [2.75, 3.05) is 19.5 Å². The van der Waals surface area contributed by atoms with Gasteiger partial charge >= 0.3 is 0 Å². The molecule has 2 aromatic carbocycles. The smallest absolute Gasteiger partial charge is 0.276 e. The molecule has 0 atom stereocenters. The van der Waals surface area contributed by atoms with Crippen molar-refractivity contribution in [2.45, 2.75) is 0 Å². The maximum atomic E-state index is 12.6. The Kier molecular flexibility index (Phi) is 4.98. The zero-order valence-electron chi connectivity index (χ0n) is 14.3. The third-order valence-electron chi connectivity index (χ3n) is 3.69. The first-order valence-corrected chi connectivity index (χ1v) is 7.81. The Balaban J connectivity index is 1.91. The Bertz CT molecular complexity index is 984. The van der Waals surface area contributed by atoms with Crippen LogP contribution in [-0.4, -0.2) is 29.9 Å². The predicted molar refractivity (Wildman–Crippen MR) is 97.3 cm³/mol. The molecule has 7 nitrogen and oxygen atoms in total. The first-order chi connectivity index (χ1) is 12.6. The minimum absolute atomic E-state index is 0.103. The quantitative estimate of drug-likeness (QED) is 0.764. The summed E-state index contributed by atoms with van der Waals surface area (Å²) in [4.78, 5) is 24.6. The van der Waals surface area contributed by atoms with E-state index in [2.05, 4.69) is 10.4 Å². The van der Waals surface area contributed by atoms with Crippen molar-refractivity contribution in [1.82, 2.24) is 9.78 Å². The van der Waals surface area contributed by atoms with E-state index in [9.17, 15) is 9.59 Å². The zero-order valence-corrected chi connectivity index (χ0v) is 14.3. The van der Waals surface area contributed by atoms with Crippen LogP contribution in [-0.2, 0) is 0 Å². The second kappa shape index (κ2) is 7.52. The molecule has 0 aliphatic carbocycles. The summed E-state index contributed by atoms with van der Waals surface area (Å²) in [5, 5.41) is 6.88. The number of carbonyl (C=O) groups excluding carboxylic acids is 1. The van der Waals surface area contributed by atoms with Gasteiger partial charge in [-0.2, -0.15) is 9.78 Å². The molecule has 7 heteroatoms. The molecule has 0 saturated carbocycles. The van der Waals surface area contributed by atoms with E-state index in [0.29, 0.717) is 22.9 Å². The number of anilines is 1. The van der Waals surface area contributed by atoms with Crippen molar-refractivity contribution < 1.29 is 14.3 Å². The van der Waals surface area contributed by atoms with Crippen LogP contribution in [0.25, 0.3) is 5.69 Å². The lowest BCUT2D eigenvalue weighted by Crippen LogP contribution is -2.24. The highest BCUT2D eigenvalue weighted by molar-refractivity contribution is 6.03. The molecular formula is C19H17N3O4. The maximum absolute atomic E-state index is 12.6. The van der Waals surface area contributed by atoms with E-state index >= 15 is 0 Å². The van der Waals surface area contributed by atoms with E-state index in [1.165, 1.54) is 23.9 Å². The first kappa shape index (κ1) is 17.2. The third kappa shape index (κ3) is 3.56. The number of benzene rings is 2. The molecule has 1 amide bonds. The van der Waals surface area contributed by atoms with Crippen LogP contribution in [0, 0.1) is 0 Å². The maximum Gasteiger partial charge on any atom is 0.276 e. The minimum Gasteiger partial charge on any atom is -0.497 e. The molecule has 1 heterocycles. The Hall–Kier alpha value is -3.61. The van der Waals surface area contributed by atoms with Crippen LogP contribution in [0.15, 0.2) is 65.5 Å². The Morgan fingerprint density at radius 2 is 1.77 bits per heavy atom. The highest BCUT2D eigenvalue weighted by Crippen LogP contribution is 2.29. The Morgan fingerprint density at radius 3 is 2.46 bits per heavy atom. The van der Waals surface area contributed by atoms with Gasteiger partial charge in [-0.05, 0) is 30.3 Å². The van der Waals surface area contributed by atoms with Gasteiger partial charge in [-0.25, -0.2) is 0 Å². The summed E-state index contributed by atoms with van der Waals surface area (Å²) in [5.41, 5.74) is 0.827. The van der Waals surface area contributed by atoms with Gasteiger partial charge in [0.15, 0.2) is 0 Å². The number of carbonyl (C=O) groups is 1. The molecule has 0 unspecified atom stereocenters. The van der Waals surface area contributed by atoms with Crippen LogP contribution in [0.1, 0.15) is 10.5 Å². The number of rotatable bonds is 5. The van der Waals surface area contributed by atoms with Gasteiger partial charge in [0.1, 0.15) is 17.2 Å². The number of amides is 1. The van der Waals surface area contributed by atoms with E-state index < -0.39 is 5.91 Å². The monoisotopic (exact) mass is 351 g/mol. The van der Waals surface area contributed by atoms with E-state index in [0.717, 1.165) is 0 Å². The van der Waals surface area contributed by atoms with Gasteiger partial charge in [0.25, 0.3) is 11.5 Å². The third-order valence-corrected chi connectivity index (χ3v) is 3.69. The van der Waals surface area contributed by atoms with E-state index in [1.807, 2.05) is 6.07 Å². The summed E-state index contributed by atoms with van der Waals surface area (Å²) >= 11 is 0. The molecular weight excluding hydrogens is 334 g/mol. The summed E-state index contributed by atoms with van der Waals surface area (Å²) in [6.45, 7) is 0. The second-order valence-electron chi connectivity index (χ2n) is 5.32. The van der Waals surface area contributed by atoms with Crippen LogP contribution in [0.4, 0.5) is 5.69 Å². The molecule has 1 N–H and O–H groups in total. The molecule has 1 aromatic heterocycles. The number of aromatic nitrogens is 2. The summed E-state index contributed by atoms with van der Waals surface area (Å²) < 4.78 is 11.6. The largest absolute Gasteiger partial charge is 0.497 e. The van der Waals surface area contributed by atoms with Crippen molar-refractivity contribution in [1.29, 1.82) is 0 Å². The van der Waals surface area contributed by atoms with Crippen molar-refractivity contribution >= 4 is 11.6 Å². The van der Waals surface area contributed by atoms with Gasteiger partial charge in [0.2, 0.25) is 0 Å². The normalized spacial score (nSPS) is 10.2. The molecule has 0 radical (unpaired) electrons. The molecule has 3 rings (SSSR count). The van der Waals surface area contributed by atoms with Gasteiger partial charge in [0.05, 0.1) is 25.6 Å². The molecule has 0 spiro atoms. The summed E-state index contributed by atoms with van der Waals surface area (Å²) in [7, 11) is 3.04. The SMILES string of the molecule is COc1ccc(NC(=O)c2ccc(=O)n(-c3ccccc3)n2)c(OC)c1. The van der Waals surface area contributed by atoms with Gasteiger partial charge < -0.3 is 14.8 Å². The number of para-hydroxylation sites is 1. The number of hydrogen-bond acceptors (Lipinski definition) is 5. The van der Waals surface area contributed by atoms with Crippen LogP contribution in [0.5, 0.6) is 11.5 Å². The lowest BCUT2D eigenvalue weighted by atomic mass is 10.2. The molecule has 26 heavy (non-hydrogen) atoms. The Morgan fingerprint density at radius 1 is 1.00 bits per heavy atom. The summed E-state index contributed by atoms with van der Waals surface area (Å²) in [5.74, 6) is 0.600. The lowest BCUT2D eigenvalue weighted by molar-refractivity contribution is 0.102. The highest BCUT2D eigenvalue weighted by atomic mass is 16.5. The second-order valence-corrected chi connectivity index (χ2v) is 5.32. The first-order valence-electron chi connectivity index (χ1n) is 7.81. The van der Waals surface area contributed by atoms with Crippen LogP contribution in [0.3, 0.4) is 0 Å². The fraction of sp³-hybridized carbons (Fsp3) is 0.105. The van der Waals surface area contributed by atoms with Gasteiger partial charge in [-0.1, -0.05) is 18.2 Å². The van der Waals surface area contributed by atoms with Crippen molar-refractivity contribution in [3.8, 4) is 17.2 Å². The number of methoxy groups -OCH3 is 2. The number of nitrogens with one attached hydrogen (secondary N) is 1. The minimum atomic E-state index is -0.460. The Labute approximate surface area is 149 Å². The molecule has 3 aromatic rings. The van der Waals surface area contributed by atoms with Crippen molar-refractivity contribution in [3.05, 3.63) is 76.7 Å².